The van der Waals surface area contributed by atoms with Gasteiger partial charge in [0.1, 0.15) is 5.75 Å². The first-order chi connectivity index (χ1) is 16.4. The average Bonchev–Trinajstić information content (AvgIpc) is 2.83. The summed E-state index contributed by atoms with van der Waals surface area (Å²) in [6.07, 6.45) is 4.41. The van der Waals surface area contributed by atoms with Gasteiger partial charge in [0.05, 0.1) is 25.0 Å². The topological polar surface area (TPSA) is 65.6 Å². The van der Waals surface area contributed by atoms with Gasteiger partial charge in [-0.1, -0.05) is 24.0 Å². The number of ketones is 1. The summed E-state index contributed by atoms with van der Waals surface area (Å²) in [5.74, 6) is 7.05. The minimum Gasteiger partial charge on any atom is -0.495 e. The number of anilines is 2. The Labute approximate surface area is 203 Å². The molecule has 0 unspecified atom stereocenters. The lowest BCUT2D eigenvalue weighted by Crippen LogP contribution is -2.43. The first-order valence-corrected chi connectivity index (χ1v) is 11.8. The van der Waals surface area contributed by atoms with E-state index in [2.05, 4.69) is 71.2 Å². The quantitative estimate of drug-likeness (QED) is 0.301. The van der Waals surface area contributed by atoms with E-state index in [1.54, 1.807) is 26.2 Å². The van der Waals surface area contributed by atoms with Gasteiger partial charge in [-0.05, 0) is 95.2 Å². The molecule has 1 fully saturated rings. The second kappa shape index (κ2) is 12.3. The summed E-state index contributed by atoms with van der Waals surface area (Å²) in [7, 11) is 3.77. The standard InChI is InChI=1S/C28H36N4O2/c1-20(8-7-15-29-27-12-11-23(22(3)33)19-28(27)34-5)18-25-21(2)9-6-10-26(25)31-30-24-13-16-32(4)17-14-24/h6,9-12,18-19,24,29-31H,13-17H2,1-5H3/b20-18+. The van der Waals surface area contributed by atoms with E-state index >= 15 is 0 Å². The van der Waals surface area contributed by atoms with Crippen molar-refractivity contribution in [3.63, 3.8) is 0 Å². The van der Waals surface area contributed by atoms with Gasteiger partial charge in [-0.2, -0.15) is 0 Å². The molecule has 6 nitrogen and oxygen atoms in total. The predicted octanol–water partition coefficient (Wildman–Crippen LogP) is 4.74. The fraction of sp³-hybridized carbons (Fsp3) is 0.393. The van der Waals surface area contributed by atoms with Crippen molar-refractivity contribution < 1.29 is 9.53 Å². The molecule has 0 aliphatic carbocycles. The molecule has 0 bridgehead atoms. The Hall–Kier alpha value is -3.27. The van der Waals surface area contributed by atoms with Crippen molar-refractivity contribution in [2.24, 2.45) is 0 Å². The minimum atomic E-state index is 0.0111. The zero-order valence-corrected chi connectivity index (χ0v) is 20.9. The number of likely N-dealkylation sites (tertiary alicyclic amines) is 1. The van der Waals surface area contributed by atoms with Gasteiger partial charge < -0.3 is 20.4 Å². The zero-order chi connectivity index (χ0) is 24.5. The van der Waals surface area contributed by atoms with Crippen molar-refractivity contribution >= 4 is 23.2 Å². The number of rotatable bonds is 8. The van der Waals surface area contributed by atoms with Crippen LogP contribution >= 0.6 is 0 Å². The number of Topliss-reactive ketones (excluding diaryl/α,β-unsaturated/α-hetero) is 1. The Balaban J connectivity index is 1.63. The highest BCUT2D eigenvalue weighted by Crippen LogP contribution is 2.26. The number of benzene rings is 2. The lowest BCUT2D eigenvalue weighted by molar-refractivity contribution is 0.101. The van der Waals surface area contributed by atoms with E-state index < -0.39 is 0 Å². The molecular formula is C28H36N4O2. The molecule has 2 aromatic carbocycles. The van der Waals surface area contributed by atoms with Gasteiger partial charge in [-0.15, -0.1) is 0 Å². The Morgan fingerprint density at radius 2 is 1.94 bits per heavy atom. The molecule has 0 saturated carbocycles. The Bertz CT molecular complexity index is 1090. The average molecular weight is 461 g/mol. The van der Waals surface area contributed by atoms with E-state index in [4.69, 9.17) is 4.74 Å². The van der Waals surface area contributed by atoms with Crippen molar-refractivity contribution in [2.45, 2.75) is 39.7 Å². The number of carbonyl (C=O) groups is 1. The van der Waals surface area contributed by atoms with Gasteiger partial charge in [-0.3, -0.25) is 4.79 Å². The minimum absolute atomic E-state index is 0.0111. The number of nitrogens with one attached hydrogen (secondary N) is 3. The molecule has 1 saturated heterocycles. The fourth-order valence-electron chi connectivity index (χ4n) is 3.95. The Morgan fingerprint density at radius 1 is 1.18 bits per heavy atom. The molecule has 1 aliphatic rings. The first kappa shape index (κ1) is 25.4. The van der Waals surface area contributed by atoms with Crippen LogP contribution < -0.4 is 20.9 Å². The number of hydrogen-bond donors (Lipinski definition) is 3. The largest absolute Gasteiger partial charge is 0.495 e. The molecule has 6 heteroatoms. The normalized spacial score (nSPS) is 14.8. The smallest absolute Gasteiger partial charge is 0.159 e. The van der Waals surface area contributed by atoms with Crippen LogP contribution in [0.1, 0.15) is 48.2 Å². The summed E-state index contributed by atoms with van der Waals surface area (Å²) in [4.78, 5) is 13.9. The maximum absolute atomic E-state index is 11.6. The molecule has 0 radical (unpaired) electrons. The van der Waals surface area contributed by atoms with E-state index in [1.807, 2.05) is 13.0 Å². The number of aryl methyl sites for hydroxylation is 1. The van der Waals surface area contributed by atoms with Gasteiger partial charge in [-0.25, -0.2) is 5.43 Å². The lowest BCUT2D eigenvalue weighted by Gasteiger charge is -2.30. The number of piperidine rings is 1. The highest BCUT2D eigenvalue weighted by Gasteiger charge is 2.16. The number of hydrogen-bond acceptors (Lipinski definition) is 6. The Kier molecular flexibility index (Phi) is 9.15. The number of carbonyl (C=O) groups excluding carboxylic acids is 1. The van der Waals surface area contributed by atoms with Gasteiger partial charge in [0.25, 0.3) is 0 Å². The van der Waals surface area contributed by atoms with Gasteiger partial charge >= 0.3 is 0 Å². The van der Waals surface area contributed by atoms with Crippen molar-refractivity contribution in [1.29, 1.82) is 0 Å². The van der Waals surface area contributed by atoms with Crippen molar-refractivity contribution in [3.8, 4) is 17.6 Å². The summed E-state index contributed by atoms with van der Waals surface area (Å²) in [5, 5.41) is 3.27. The van der Waals surface area contributed by atoms with Crippen LogP contribution in [0.5, 0.6) is 5.75 Å². The van der Waals surface area contributed by atoms with E-state index in [0.29, 0.717) is 23.9 Å². The van der Waals surface area contributed by atoms with Crippen LogP contribution in [0.4, 0.5) is 11.4 Å². The summed E-state index contributed by atoms with van der Waals surface area (Å²) in [5.41, 5.74) is 12.8. The summed E-state index contributed by atoms with van der Waals surface area (Å²) in [6.45, 7) is 8.40. The third-order valence-electron chi connectivity index (χ3n) is 6.08. The summed E-state index contributed by atoms with van der Waals surface area (Å²) < 4.78 is 5.40. The fourth-order valence-corrected chi connectivity index (χ4v) is 3.95. The molecule has 0 aromatic heterocycles. The first-order valence-electron chi connectivity index (χ1n) is 11.8. The van der Waals surface area contributed by atoms with E-state index in [1.165, 1.54) is 5.56 Å². The van der Waals surface area contributed by atoms with Gasteiger partial charge in [0, 0.05) is 17.2 Å². The number of nitrogens with zero attached hydrogens (tertiary/aromatic N) is 1. The summed E-state index contributed by atoms with van der Waals surface area (Å²) >= 11 is 0. The number of ether oxygens (including phenoxy) is 1. The lowest BCUT2D eigenvalue weighted by atomic mass is 10.0. The van der Waals surface area contributed by atoms with E-state index in [0.717, 1.165) is 48.4 Å². The SMILES string of the molecule is COc1cc(C(C)=O)ccc1NCC#C/C(C)=C/c1c(C)cccc1NNC1CCN(C)CC1. The molecule has 2 aromatic rings. The highest BCUT2D eigenvalue weighted by atomic mass is 16.5. The molecule has 0 atom stereocenters. The second-order valence-corrected chi connectivity index (χ2v) is 8.84. The van der Waals surface area contributed by atoms with E-state index in [-0.39, 0.29) is 5.78 Å². The highest BCUT2D eigenvalue weighted by molar-refractivity contribution is 5.95. The van der Waals surface area contributed by atoms with Crippen molar-refractivity contribution in [3.05, 3.63) is 58.7 Å². The van der Waals surface area contributed by atoms with Crippen LogP contribution in [0, 0.1) is 18.8 Å². The third kappa shape index (κ3) is 7.11. The molecule has 1 aliphatic heterocycles. The van der Waals surface area contributed by atoms with Crippen LogP contribution in [0.15, 0.2) is 42.0 Å². The maximum atomic E-state index is 11.6. The molecular weight excluding hydrogens is 424 g/mol. The van der Waals surface area contributed by atoms with Crippen LogP contribution in [-0.4, -0.2) is 50.5 Å². The maximum Gasteiger partial charge on any atom is 0.159 e. The third-order valence-corrected chi connectivity index (χ3v) is 6.08. The molecule has 3 rings (SSSR count). The number of hydrazine groups is 1. The van der Waals surface area contributed by atoms with Gasteiger partial charge in [0.15, 0.2) is 5.78 Å². The van der Waals surface area contributed by atoms with Crippen LogP contribution in [-0.2, 0) is 0 Å². The van der Waals surface area contributed by atoms with Crippen LogP contribution in [0.2, 0.25) is 0 Å². The van der Waals surface area contributed by atoms with E-state index in [9.17, 15) is 4.79 Å². The Morgan fingerprint density at radius 3 is 2.65 bits per heavy atom. The predicted molar refractivity (Wildman–Crippen MR) is 141 cm³/mol. The molecule has 180 valence electrons. The molecule has 0 spiro atoms. The van der Waals surface area contributed by atoms with Crippen molar-refractivity contribution in [2.75, 3.05) is 44.5 Å². The molecule has 1 heterocycles. The van der Waals surface area contributed by atoms with Gasteiger partial charge in [0.2, 0.25) is 0 Å². The number of allylic oxidation sites excluding steroid dienone is 1. The number of methoxy groups -OCH3 is 1. The molecule has 3 N–H and O–H groups in total. The zero-order valence-electron chi connectivity index (χ0n) is 20.9. The molecule has 0 amide bonds. The van der Waals surface area contributed by atoms with Crippen molar-refractivity contribution in [1.82, 2.24) is 10.3 Å². The van der Waals surface area contributed by atoms with Crippen LogP contribution in [0.3, 0.4) is 0 Å². The summed E-state index contributed by atoms with van der Waals surface area (Å²) in [6, 6.07) is 12.1. The second-order valence-electron chi connectivity index (χ2n) is 8.84. The monoisotopic (exact) mass is 460 g/mol. The van der Waals surface area contributed by atoms with Crippen LogP contribution in [0.25, 0.3) is 6.08 Å². The molecule has 34 heavy (non-hydrogen) atoms.